The molecule has 0 rings (SSSR count). The van der Waals surface area contributed by atoms with Gasteiger partial charge in [0.25, 0.3) is 0 Å². The molecule has 3 heteroatoms. The van der Waals surface area contributed by atoms with Crippen molar-refractivity contribution in [3.05, 3.63) is 0 Å². The molecule has 0 nitrogen and oxygen atoms in total. The Bertz CT molecular complexity index is 40.9. The fourth-order valence-electron chi connectivity index (χ4n) is 0.572. The second-order valence-electron chi connectivity index (χ2n) is 1.91. The molecule has 0 spiro atoms. The monoisotopic (exact) mass is 168 g/mol. The average molecular weight is 168 g/mol. The third-order valence-electron chi connectivity index (χ3n) is 1.07. The molecular formula is C5H15P3. The van der Waals surface area contributed by atoms with Crippen molar-refractivity contribution in [1.29, 1.82) is 0 Å². The van der Waals surface area contributed by atoms with Crippen molar-refractivity contribution in [3.8, 4) is 0 Å². The molecule has 0 aromatic rings. The van der Waals surface area contributed by atoms with Gasteiger partial charge in [0.05, 0.1) is 0 Å². The van der Waals surface area contributed by atoms with E-state index in [0.29, 0.717) is 0 Å². The Kier molecular flexibility index (Phi) is 7.44. The van der Waals surface area contributed by atoms with Gasteiger partial charge < -0.3 is 0 Å². The SMILES string of the molecule is PCCC(P)CCP. The summed E-state index contributed by atoms with van der Waals surface area (Å²) in [6.07, 6.45) is 5.12. The lowest BCUT2D eigenvalue weighted by atomic mass is 10.3. The molecular weight excluding hydrogens is 153 g/mol. The van der Waals surface area contributed by atoms with Crippen LogP contribution < -0.4 is 0 Å². The smallest absolute Gasteiger partial charge is 0.0258 e. The van der Waals surface area contributed by atoms with Gasteiger partial charge >= 0.3 is 0 Å². The predicted molar refractivity (Wildman–Crippen MR) is 51.9 cm³/mol. The Morgan fingerprint density at radius 3 is 1.62 bits per heavy atom. The topological polar surface area (TPSA) is 0 Å². The van der Waals surface area contributed by atoms with Crippen molar-refractivity contribution in [2.45, 2.75) is 18.5 Å². The highest BCUT2D eigenvalue weighted by atomic mass is 31.0. The standard InChI is InChI=1S/C5H15P3/c6-3-1-5(8)2-4-7/h5H,1-4,6-8H2. The highest BCUT2D eigenvalue weighted by Crippen LogP contribution is 2.12. The largest absolute Gasteiger partial charge is 0.138 e. The molecule has 8 heavy (non-hydrogen) atoms. The van der Waals surface area contributed by atoms with E-state index in [9.17, 15) is 0 Å². The van der Waals surface area contributed by atoms with Gasteiger partial charge in [-0.15, -0.1) is 27.7 Å². The highest BCUT2D eigenvalue weighted by molar-refractivity contribution is 7.19. The van der Waals surface area contributed by atoms with Gasteiger partial charge in [0, 0.05) is 0 Å². The van der Waals surface area contributed by atoms with E-state index in [1.807, 2.05) is 0 Å². The molecule has 3 unspecified atom stereocenters. The third kappa shape index (κ3) is 5.43. The minimum Gasteiger partial charge on any atom is -0.138 e. The van der Waals surface area contributed by atoms with E-state index in [4.69, 9.17) is 0 Å². The summed E-state index contributed by atoms with van der Waals surface area (Å²) in [4.78, 5) is 0. The molecule has 0 saturated carbocycles. The molecule has 0 N–H and O–H groups in total. The van der Waals surface area contributed by atoms with Crippen LogP contribution >= 0.6 is 27.7 Å². The minimum atomic E-state index is 0.838. The fraction of sp³-hybridized carbons (Fsp3) is 1.00. The minimum absolute atomic E-state index is 0.838. The van der Waals surface area contributed by atoms with Crippen LogP contribution in [0.15, 0.2) is 0 Å². The predicted octanol–water partition coefficient (Wildman–Crippen LogP) is 1.76. The zero-order chi connectivity index (χ0) is 6.41. The second-order valence-corrected chi connectivity index (χ2v) is 4.01. The van der Waals surface area contributed by atoms with Crippen molar-refractivity contribution in [2.24, 2.45) is 0 Å². The Balaban J connectivity index is 2.92. The van der Waals surface area contributed by atoms with Crippen LogP contribution in [0, 0.1) is 0 Å². The Morgan fingerprint density at radius 1 is 1.00 bits per heavy atom. The van der Waals surface area contributed by atoms with E-state index in [2.05, 4.69) is 27.7 Å². The summed E-state index contributed by atoms with van der Waals surface area (Å²) in [6.45, 7) is 0. The van der Waals surface area contributed by atoms with E-state index in [-0.39, 0.29) is 0 Å². The normalized spacial score (nSPS) is 10.5. The summed E-state index contributed by atoms with van der Waals surface area (Å²) in [7, 11) is 8.38. The lowest BCUT2D eigenvalue weighted by molar-refractivity contribution is 0.807. The summed E-state index contributed by atoms with van der Waals surface area (Å²) in [5.41, 5.74) is 0.838. The van der Waals surface area contributed by atoms with Crippen molar-refractivity contribution in [2.75, 3.05) is 12.3 Å². The van der Waals surface area contributed by atoms with Crippen molar-refractivity contribution in [1.82, 2.24) is 0 Å². The zero-order valence-electron chi connectivity index (χ0n) is 5.14. The molecule has 3 atom stereocenters. The second kappa shape index (κ2) is 6.41. The van der Waals surface area contributed by atoms with Crippen LogP contribution in [0.2, 0.25) is 0 Å². The van der Waals surface area contributed by atoms with Crippen LogP contribution in [-0.4, -0.2) is 18.0 Å². The average Bonchev–Trinajstić information content (AvgIpc) is 1.68. The van der Waals surface area contributed by atoms with E-state index in [0.717, 1.165) is 5.66 Å². The molecule has 0 heterocycles. The molecule has 50 valence electrons. The molecule has 0 aliphatic rings. The van der Waals surface area contributed by atoms with E-state index in [1.165, 1.54) is 25.2 Å². The van der Waals surface area contributed by atoms with Gasteiger partial charge in [0.1, 0.15) is 0 Å². The van der Waals surface area contributed by atoms with Crippen molar-refractivity contribution in [3.63, 3.8) is 0 Å². The van der Waals surface area contributed by atoms with Gasteiger partial charge in [0.2, 0.25) is 0 Å². The molecule has 0 aromatic heterocycles. The van der Waals surface area contributed by atoms with Crippen LogP contribution in [0.25, 0.3) is 0 Å². The van der Waals surface area contributed by atoms with Gasteiger partial charge in [-0.3, -0.25) is 0 Å². The first-order valence-electron chi connectivity index (χ1n) is 2.97. The van der Waals surface area contributed by atoms with Gasteiger partial charge in [0.15, 0.2) is 0 Å². The first-order valence-corrected chi connectivity index (χ1v) is 5.27. The summed E-state index contributed by atoms with van der Waals surface area (Å²) in [5.74, 6) is 0. The molecule has 0 aliphatic carbocycles. The highest BCUT2D eigenvalue weighted by Gasteiger charge is 1.96. The molecule has 0 aromatic carbocycles. The summed E-state index contributed by atoms with van der Waals surface area (Å²) in [6, 6.07) is 0. The van der Waals surface area contributed by atoms with Gasteiger partial charge in [-0.2, -0.15) is 0 Å². The number of hydrogen-bond acceptors (Lipinski definition) is 0. The number of hydrogen-bond donors (Lipinski definition) is 0. The molecule has 0 aliphatic heterocycles. The summed E-state index contributed by atoms with van der Waals surface area (Å²) < 4.78 is 0. The lowest BCUT2D eigenvalue weighted by Crippen LogP contribution is -1.97. The van der Waals surface area contributed by atoms with Crippen LogP contribution in [0.5, 0.6) is 0 Å². The molecule has 0 bridgehead atoms. The first-order chi connectivity index (χ1) is 3.81. The van der Waals surface area contributed by atoms with E-state index in [1.54, 1.807) is 0 Å². The first kappa shape index (κ1) is 9.29. The fourth-order valence-corrected chi connectivity index (χ4v) is 2.58. The molecule has 0 radical (unpaired) electrons. The van der Waals surface area contributed by atoms with E-state index < -0.39 is 0 Å². The Labute approximate surface area is 59.2 Å². The van der Waals surface area contributed by atoms with Gasteiger partial charge in [-0.25, -0.2) is 0 Å². The third-order valence-corrected chi connectivity index (χ3v) is 2.41. The lowest BCUT2D eigenvalue weighted by Gasteiger charge is -2.05. The van der Waals surface area contributed by atoms with Gasteiger partial charge in [-0.05, 0) is 30.8 Å². The summed E-state index contributed by atoms with van der Waals surface area (Å²) in [5, 5.41) is 0. The molecule has 0 saturated heterocycles. The quantitative estimate of drug-likeness (QED) is 0.561. The van der Waals surface area contributed by atoms with Gasteiger partial charge in [-0.1, -0.05) is 0 Å². The molecule has 0 amide bonds. The zero-order valence-corrected chi connectivity index (χ0v) is 8.60. The number of rotatable bonds is 4. The van der Waals surface area contributed by atoms with Crippen LogP contribution in [0.4, 0.5) is 0 Å². The maximum atomic E-state index is 2.87. The van der Waals surface area contributed by atoms with Crippen LogP contribution in [0.1, 0.15) is 12.8 Å². The Hall–Kier alpha value is 1.29. The van der Waals surface area contributed by atoms with Crippen LogP contribution in [-0.2, 0) is 0 Å². The maximum Gasteiger partial charge on any atom is -0.0258 e. The van der Waals surface area contributed by atoms with E-state index >= 15 is 0 Å². The molecule has 0 fully saturated rings. The van der Waals surface area contributed by atoms with Crippen molar-refractivity contribution >= 4 is 27.7 Å². The van der Waals surface area contributed by atoms with Crippen LogP contribution in [0.3, 0.4) is 0 Å². The summed E-state index contributed by atoms with van der Waals surface area (Å²) >= 11 is 0. The Morgan fingerprint density at radius 2 is 1.38 bits per heavy atom. The maximum absolute atomic E-state index is 2.87. The van der Waals surface area contributed by atoms with Crippen molar-refractivity contribution < 1.29 is 0 Å².